The second kappa shape index (κ2) is 16.5. The highest BCUT2D eigenvalue weighted by atomic mass is 31.2. The minimum Gasteiger partial charge on any atom is -0.493 e. The van der Waals surface area contributed by atoms with E-state index in [1.807, 2.05) is 27.7 Å². The van der Waals surface area contributed by atoms with Crippen LogP contribution in [-0.4, -0.2) is 70.3 Å². The monoisotopic (exact) mass is 664 g/mol. The van der Waals surface area contributed by atoms with Crippen molar-refractivity contribution in [2.75, 3.05) is 19.8 Å². The van der Waals surface area contributed by atoms with Crippen molar-refractivity contribution in [3.05, 3.63) is 54.5 Å². The van der Waals surface area contributed by atoms with Gasteiger partial charge in [0, 0.05) is 6.42 Å². The van der Waals surface area contributed by atoms with E-state index in [9.17, 15) is 28.8 Å². The lowest BCUT2D eigenvalue weighted by Gasteiger charge is -2.26. The number of nitrogens with two attached hydrogens (primary N) is 1. The number of benzene rings is 1. The van der Waals surface area contributed by atoms with E-state index in [1.165, 1.54) is 12.1 Å². The van der Waals surface area contributed by atoms with Crippen molar-refractivity contribution in [1.82, 2.24) is 14.6 Å². The van der Waals surface area contributed by atoms with Crippen molar-refractivity contribution < 1.29 is 52.1 Å². The number of aromatic nitrogens is 2. The summed E-state index contributed by atoms with van der Waals surface area (Å²) in [6, 6.07) is 6.22. The fourth-order valence-corrected chi connectivity index (χ4v) is 5.57. The van der Waals surface area contributed by atoms with Gasteiger partial charge in [-0.25, -0.2) is 19.1 Å². The number of ether oxygens (including phenoxy) is 3. The van der Waals surface area contributed by atoms with Crippen molar-refractivity contribution in [1.29, 1.82) is 0 Å². The summed E-state index contributed by atoms with van der Waals surface area (Å²) in [6.45, 7) is 11.1. The minimum atomic E-state index is -4.56. The number of hydrogen-bond donors (Lipinski definition) is 3. The molecule has 4 atom stereocenters. The molecule has 1 aliphatic heterocycles. The summed E-state index contributed by atoms with van der Waals surface area (Å²) in [6.07, 6.45) is -0.508. The Balaban J connectivity index is 1.83. The third kappa shape index (κ3) is 10.2. The van der Waals surface area contributed by atoms with Gasteiger partial charge in [-0.05, 0) is 36.8 Å². The number of rotatable bonds is 18. The lowest BCUT2D eigenvalue weighted by Crippen LogP contribution is -2.42. The van der Waals surface area contributed by atoms with Crippen LogP contribution in [0.5, 0.6) is 11.6 Å². The molecule has 16 heteroatoms. The van der Waals surface area contributed by atoms with Gasteiger partial charge in [-0.15, -0.1) is 0 Å². The number of Topliss-reactive ketones (excluding diaryl/α,β-unsaturated/α-hetero) is 1. The van der Waals surface area contributed by atoms with E-state index in [-0.39, 0.29) is 42.8 Å². The molecular weight excluding hydrogens is 623 g/mol. The largest absolute Gasteiger partial charge is 0.493 e. The molecule has 46 heavy (non-hydrogen) atoms. The minimum absolute atomic E-state index is 0.0209. The summed E-state index contributed by atoms with van der Waals surface area (Å²) < 4.78 is 42.9. The molecule has 1 saturated heterocycles. The van der Waals surface area contributed by atoms with E-state index in [0.717, 1.165) is 10.9 Å². The molecule has 4 N–H and O–H groups in total. The Labute approximate surface area is 267 Å². The second-order valence-electron chi connectivity index (χ2n) is 11.4. The van der Waals surface area contributed by atoms with Crippen molar-refractivity contribution in [2.24, 2.45) is 17.6 Å². The number of nitrogens with one attached hydrogen (secondary N) is 1. The fourth-order valence-electron chi connectivity index (χ4n) is 4.05. The zero-order valence-electron chi connectivity index (χ0n) is 26.2. The summed E-state index contributed by atoms with van der Waals surface area (Å²) >= 11 is 0. The summed E-state index contributed by atoms with van der Waals surface area (Å²) in [5.41, 5.74) is 4.35. The Bertz CT molecular complexity index is 1440. The van der Waals surface area contributed by atoms with Gasteiger partial charge in [-0.1, -0.05) is 52.5 Å². The molecular formula is C30H41N4O11P. The third-order valence-electron chi connectivity index (χ3n) is 6.68. The lowest BCUT2D eigenvalue weighted by molar-refractivity contribution is -0.148. The molecule has 252 valence electrons. The number of para-hydroxylation sites is 1. The summed E-state index contributed by atoms with van der Waals surface area (Å²) in [7, 11) is -4.56. The second-order valence-corrected chi connectivity index (χ2v) is 13.1. The Morgan fingerprint density at radius 3 is 2.35 bits per heavy atom. The van der Waals surface area contributed by atoms with E-state index in [1.54, 1.807) is 18.2 Å². The highest BCUT2D eigenvalue weighted by Crippen LogP contribution is 2.46. The van der Waals surface area contributed by atoms with Crippen LogP contribution >= 0.6 is 7.75 Å². The van der Waals surface area contributed by atoms with Crippen LogP contribution in [0.2, 0.25) is 0 Å². The molecule has 1 aromatic heterocycles. The van der Waals surface area contributed by atoms with Gasteiger partial charge < -0.3 is 29.6 Å². The van der Waals surface area contributed by atoms with E-state index in [4.69, 9.17) is 29.0 Å². The van der Waals surface area contributed by atoms with Gasteiger partial charge in [0.2, 0.25) is 5.88 Å². The zero-order valence-corrected chi connectivity index (χ0v) is 27.1. The normalized spacial score (nSPS) is 18.3. The maximum absolute atomic E-state index is 14.2. The molecule has 0 radical (unpaired) electrons. The predicted molar refractivity (Wildman–Crippen MR) is 163 cm³/mol. The molecule has 0 aliphatic carbocycles. The standard InChI is InChI=1S/C30H41N4O11P/c1-18(2)11-13-41-29(38)20(5)24(30(39)42-14-12-19(3)4)33-46(40,45-21-9-7-6-8-10-21)43-16-22-15-23(35)28(44-22)34-17-32-25(26(31)36)27(34)37/h6-10,17-19,22,24,28,37H,5,11-16H2,1-4H3,(H2,31,36)(H,33,40)/t22-,24-,28+,46?/m0/s1. The van der Waals surface area contributed by atoms with Gasteiger partial charge >= 0.3 is 19.7 Å². The number of carbonyl (C=O) groups excluding carboxylic acids is 4. The topological polar surface area (TPSA) is 208 Å². The number of imidazole rings is 1. The van der Waals surface area contributed by atoms with Gasteiger partial charge in [-0.2, -0.15) is 5.09 Å². The van der Waals surface area contributed by atoms with Crippen LogP contribution in [0.25, 0.3) is 0 Å². The van der Waals surface area contributed by atoms with Gasteiger partial charge in [0.1, 0.15) is 18.1 Å². The smallest absolute Gasteiger partial charge is 0.459 e. The molecule has 0 spiro atoms. The molecule has 15 nitrogen and oxygen atoms in total. The quantitative estimate of drug-likeness (QED) is 0.119. The summed E-state index contributed by atoms with van der Waals surface area (Å²) in [5, 5.41) is 12.8. The fraction of sp³-hybridized carbons (Fsp3) is 0.500. The summed E-state index contributed by atoms with van der Waals surface area (Å²) in [4.78, 5) is 54.0. The Hall–Kier alpha value is -4.04. The van der Waals surface area contributed by atoms with Crippen molar-refractivity contribution >= 4 is 31.4 Å². The van der Waals surface area contributed by atoms with Crippen LogP contribution in [0, 0.1) is 11.8 Å². The van der Waals surface area contributed by atoms with Gasteiger partial charge in [-0.3, -0.25) is 18.7 Å². The average molecular weight is 665 g/mol. The van der Waals surface area contributed by atoms with Crippen molar-refractivity contribution in [2.45, 2.75) is 65.3 Å². The van der Waals surface area contributed by atoms with Gasteiger partial charge in [0.25, 0.3) is 5.91 Å². The Morgan fingerprint density at radius 2 is 1.76 bits per heavy atom. The van der Waals surface area contributed by atoms with Crippen molar-refractivity contribution in [3.63, 3.8) is 0 Å². The number of hydrogen-bond acceptors (Lipinski definition) is 12. The number of amides is 1. The van der Waals surface area contributed by atoms with Crippen molar-refractivity contribution in [3.8, 4) is 11.6 Å². The molecule has 1 aliphatic rings. The van der Waals surface area contributed by atoms with Crippen LogP contribution in [0.4, 0.5) is 0 Å². The molecule has 2 aromatic rings. The van der Waals surface area contributed by atoms with E-state index in [0.29, 0.717) is 12.8 Å². The van der Waals surface area contributed by atoms with Crippen LogP contribution in [0.3, 0.4) is 0 Å². The van der Waals surface area contributed by atoms with Gasteiger partial charge in [0.05, 0.1) is 31.5 Å². The zero-order chi connectivity index (χ0) is 34.0. The molecule has 0 bridgehead atoms. The predicted octanol–water partition coefficient (Wildman–Crippen LogP) is 3.44. The Morgan fingerprint density at radius 1 is 1.13 bits per heavy atom. The third-order valence-corrected chi connectivity index (χ3v) is 8.19. The molecule has 1 amide bonds. The highest BCUT2D eigenvalue weighted by molar-refractivity contribution is 7.52. The van der Waals surface area contributed by atoms with E-state index in [2.05, 4.69) is 16.7 Å². The molecule has 0 saturated carbocycles. The molecule has 1 fully saturated rings. The van der Waals surface area contributed by atoms with E-state index >= 15 is 0 Å². The van der Waals surface area contributed by atoms with Crippen LogP contribution < -0.4 is 15.3 Å². The highest BCUT2D eigenvalue weighted by Gasteiger charge is 2.42. The average Bonchev–Trinajstić information content (AvgIpc) is 3.55. The number of primary amides is 1. The number of esters is 2. The van der Waals surface area contributed by atoms with E-state index < -0.39 is 67.9 Å². The first-order chi connectivity index (χ1) is 21.7. The van der Waals surface area contributed by atoms with Crippen LogP contribution in [0.15, 0.2) is 48.8 Å². The lowest BCUT2D eigenvalue weighted by atomic mass is 10.1. The first kappa shape index (κ1) is 36.4. The van der Waals surface area contributed by atoms with Crippen LogP contribution in [0.1, 0.15) is 63.7 Å². The first-order valence-electron chi connectivity index (χ1n) is 14.7. The maximum atomic E-state index is 14.2. The first-order valence-corrected chi connectivity index (χ1v) is 16.3. The number of nitrogens with zero attached hydrogens (tertiary/aromatic N) is 2. The number of ketones is 1. The number of aromatic hydroxyl groups is 1. The van der Waals surface area contributed by atoms with Crippen LogP contribution in [-0.2, 0) is 37.7 Å². The molecule has 3 rings (SSSR count). The summed E-state index contributed by atoms with van der Waals surface area (Å²) in [5.74, 6) is -3.49. The SMILES string of the molecule is C=C(C(=O)OCCC(C)C)[C@H](NP(=O)(OC[C@@H]1CC(=O)[C@H](n2cnc(C(N)=O)c2O)O1)Oc1ccccc1)C(=O)OCCC(C)C. The molecule has 1 unspecified atom stereocenters. The van der Waals surface area contributed by atoms with Gasteiger partial charge in [0.15, 0.2) is 17.7 Å². The maximum Gasteiger partial charge on any atom is 0.459 e. The Kier molecular flexibility index (Phi) is 13.1. The molecule has 1 aromatic carbocycles. The number of carbonyl (C=O) groups is 4. The molecule has 2 heterocycles.